The quantitative estimate of drug-likeness (QED) is 0.763. The van der Waals surface area contributed by atoms with Gasteiger partial charge in [-0.25, -0.2) is 4.39 Å². The van der Waals surface area contributed by atoms with Crippen LogP contribution in [0.3, 0.4) is 0 Å². The molecule has 0 fully saturated rings. The number of halogens is 2. The molecule has 0 amide bonds. The average Bonchev–Trinajstić information content (AvgIpc) is 2.39. The van der Waals surface area contributed by atoms with Gasteiger partial charge >= 0.3 is 0 Å². The van der Waals surface area contributed by atoms with Crippen LogP contribution in [0.4, 0.5) is 4.39 Å². The van der Waals surface area contributed by atoms with Crippen molar-refractivity contribution in [3.8, 4) is 6.07 Å². The minimum absolute atomic E-state index is 0.298. The fourth-order valence-corrected chi connectivity index (χ4v) is 2.68. The van der Waals surface area contributed by atoms with E-state index < -0.39 is 0 Å². The van der Waals surface area contributed by atoms with Crippen LogP contribution in [0, 0.1) is 17.1 Å². The van der Waals surface area contributed by atoms with E-state index in [1.54, 1.807) is 12.1 Å². The number of rotatable bonds is 3. The van der Waals surface area contributed by atoms with Gasteiger partial charge in [0.05, 0.1) is 16.7 Å². The lowest BCUT2D eigenvalue weighted by Crippen LogP contribution is -1.89. The first-order chi connectivity index (χ1) is 8.70. The first-order valence-electron chi connectivity index (χ1n) is 5.26. The molecule has 0 unspecified atom stereocenters. The molecule has 0 heterocycles. The van der Waals surface area contributed by atoms with Gasteiger partial charge in [-0.05, 0) is 35.9 Å². The van der Waals surface area contributed by atoms with Gasteiger partial charge in [-0.15, -0.1) is 11.8 Å². The standard InChI is InChI=1S/C14H9ClFNS/c15-12-3-1-2-4-14(12)18-9-11-7-10(8-17)5-6-13(11)16/h1-7H,9H2. The monoisotopic (exact) mass is 277 g/mol. The summed E-state index contributed by atoms with van der Waals surface area (Å²) in [6.45, 7) is 0. The Morgan fingerprint density at radius 3 is 2.72 bits per heavy atom. The highest BCUT2D eigenvalue weighted by Crippen LogP contribution is 2.30. The van der Waals surface area contributed by atoms with Gasteiger partial charge in [-0.1, -0.05) is 23.7 Å². The van der Waals surface area contributed by atoms with Crippen LogP contribution in [0.5, 0.6) is 0 Å². The second-order valence-corrected chi connectivity index (χ2v) is 5.06. The molecular weight excluding hydrogens is 269 g/mol. The summed E-state index contributed by atoms with van der Waals surface area (Å²) in [7, 11) is 0. The SMILES string of the molecule is N#Cc1ccc(F)c(CSc2ccccc2Cl)c1. The van der Waals surface area contributed by atoms with Crippen molar-refractivity contribution >= 4 is 23.4 Å². The molecule has 90 valence electrons. The van der Waals surface area contributed by atoms with Gasteiger partial charge in [-0.2, -0.15) is 5.26 Å². The van der Waals surface area contributed by atoms with Crippen molar-refractivity contribution < 1.29 is 4.39 Å². The molecule has 18 heavy (non-hydrogen) atoms. The highest BCUT2D eigenvalue weighted by atomic mass is 35.5. The highest BCUT2D eigenvalue weighted by Gasteiger charge is 2.06. The van der Waals surface area contributed by atoms with E-state index >= 15 is 0 Å². The largest absolute Gasteiger partial charge is 0.207 e. The molecule has 0 radical (unpaired) electrons. The second-order valence-electron chi connectivity index (χ2n) is 3.64. The van der Waals surface area contributed by atoms with E-state index in [0.717, 1.165) is 4.90 Å². The van der Waals surface area contributed by atoms with Crippen LogP contribution >= 0.6 is 23.4 Å². The lowest BCUT2D eigenvalue weighted by Gasteiger charge is -2.05. The summed E-state index contributed by atoms with van der Waals surface area (Å²) in [5.74, 6) is 0.152. The van der Waals surface area contributed by atoms with Crippen molar-refractivity contribution in [3.63, 3.8) is 0 Å². The third-order valence-corrected chi connectivity index (χ3v) is 3.96. The minimum Gasteiger partial charge on any atom is -0.207 e. The fraction of sp³-hybridized carbons (Fsp3) is 0.0714. The molecule has 0 atom stereocenters. The predicted molar refractivity (Wildman–Crippen MR) is 72.1 cm³/mol. The Labute approximate surface area is 114 Å². The van der Waals surface area contributed by atoms with Crippen molar-refractivity contribution in [2.45, 2.75) is 10.6 Å². The van der Waals surface area contributed by atoms with Gasteiger partial charge in [-0.3, -0.25) is 0 Å². The van der Waals surface area contributed by atoms with Gasteiger partial charge in [0.15, 0.2) is 0 Å². The number of nitrogens with zero attached hydrogens (tertiary/aromatic N) is 1. The van der Waals surface area contributed by atoms with Crippen LogP contribution in [0.25, 0.3) is 0 Å². The Kier molecular flexibility index (Phi) is 4.24. The van der Waals surface area contributed by atoms with Crippen LogP contribution in [-0.2, 0) is 5.75 Å². The van der Waals surface area contributed by atoms with Gasteiger partial charge in [0.25, 0.3) is 0 Å². The van der Waals surface area contributed by atoms with Crippen LogP contribution in [0.1, 0.15) is 11.1 Å². The van der Waals surface area contributed by atoms with Crippen LogP contribution < -0.4 is 0 Å². The van der Waals surface area contributed by atoms with Gasteiger partial charge < -0.3 is 0 Å². The topological polar surface area (TPSA) is 23.8 Å². The maximum atomic E-state index is 13.6. The van der Waals surface area contributed by atoms with Crippen molar-refractivity contribution in [2.75, 3.05) is 0 Å². The van der Waals surface area contributed by atoms with E-state index in [1.165, 1.54) is 23.9 Å². The average molecular weight is 278 g/mol. The third-order valence-electron chi connectivity index (χ3n) is 2.39. The summed E-state index contributed by atoms with van der Waals surface area (Å²) in [6, 6.07) is 13.8. The Hall–Kier alpha value is -1.50. The van der Waals surface area contributed by atoms with E-state index in [-0.39, 0.29) is 5.82 Å². The zero-order valence-corrected chi connectivity index (χ0v) is 10.9. The highest BCUT2D eigenvalue weighted by molar-refractivity contribution is 7.98. The Bertz CT molecular complexity index is 607. The van der Waals surface area contributed by atoms with Crippen molar-refractivity contribution in [3.05, 3.63) is 64.4 Å². The fourth-order valence-electron chi connectivity index (χ4n) is 1.47. The first-order valence-corrected chi connectivity index (χ1v) is 6.63. The summed E-state index contributed by atoms with van der Waals surface area (Å²) in [5.41, 5.74) is 0.977. The molecule has 0 N–H and O–H groups in total. The molecule has 0 aliphatic heterocycles. The van der Waals surface area contributed by atoms with Crippen molar-refractivity contribution in [2.24, 2.45) is 0 Å². The maximum absolute atomic E-state index is 13.6. The Balaban J connectivity index is 2.16. The minimum atomic E-state index is -0.298. The molecule has 0 aliphatic carbocycles. The number of benzene rings is 2. The molecule has 2 aromatic rings. The molecule has 4 heteroatoms. The number of hydrogen-bond acceptors (Lipinski definition) is 2. The van der Waals surface area contributed by atoms with E-state index in [0.29, 0.717) is 21.9 Å². The van der Waals surface area contributed by atoms with Gasteiger partial charge in [0, 0.05) is 10.6 Å². The van der Waals surface area contributed by atoms with E-state index in [4.69, 9.17) is 16.9 Å². The molecule has 1 nitrogen and oxygen atoms in total. The molecule has 0 aliphatic rings. The van der Waals surface area contributed by atoms with Crippen LogP contribution in [0.15, 0.2) is 47.4 Å². The smallest absolute Gasteiger partial charge is 0.127 e. The van der Waals surface area contributed by atoms with E-state index in [2.05, 4.69) is 0 Å². The van der Waals surface area contributed by atoms with E-state index in [1.807, 2.05) is 24.3 Å². The molecular formula is C14H9ClFNS. The molecule has 0 saturated carbocycles. The van der Waals surface area contributed by atoms with Gasteiger partial charge in [0.2, 0.25) is 0 Å². The lowest BCUT2D eigenvalue weighted by atomic mass is 10.1. The lowest BCUT2D eigenvalue weighted by molar-refractivity contribution is 0.617. The second kappa shape index (κ2) is 5.90. The summed E-state index contributed by atoms with van der Waals surface area (Å²) in [5, 5.41) is 9.43. The van der Waals surface area contributed by atoms with Crippen LogP contribution in [-0.4, -0.2) is 0 Å². The summed E-state index contributed by atoms with van der Waals surface area (Å²) in [4.78, 5) is 0.904. The molecule has 0 aromatic heterocycles. The summed E-state index contributed by atoms with van der Waals surface area (Å²) < 4.78 is 13.6. The zero-order chi connectivity index (χ0) is 13.0. The third kappa shape index (κ3) is 3.04. The van der Waals surface area contributed by atoms with E-state index in [9.17, 15) is 4.39 Å². The Morgan fingerprint density at radius 2 is 2.00 bits per heavy atom. The normalized spacial score (nSPS) is 10.1. The predicted octanol–water partition coefficient (Wildman–Crippen LogP) is 4.64. The molecule has 2 aromatic carbocycles. The number of nitriles is 1. The molecule has 0 saturated heterocycles. The van der Waals surface area contributed by atoms with Crippen LogP contribution in [0.2, 0.25) is 5.02 Å². The first kappa shape index (κ1) is 12.9. The molecule has 0 bridgehead atoms. The Morgan fingerprint density at radius 1 is 1.22 bits per heavy atom. The molecule has 2 rings (SSSR count). The zero-order valence-electron chi connectivity index (χ0n) is 9.36. The summed E-state index contributed by atoms with van der Waals surface area (Å²) in [6.07, 6.45) is 0. The number of thioether (sulfide) groups is 1. The molecule has 0 spiro atoms. The van der Waals surface area contributed by atoms with Crippen molar-refractivity contribution in [1.82, 2.24) is 0 Å². The van der Waals surface area contributed by atoms with Gasteiger partial charge in [0.1, 0.15) is 5.82 Å². The van der Waals surface area contributed by atoms with Crippen molar-refractivity contribution in [1.29, 1.82) is 5.26 Å². The summed E-state index contributed by atoms with van der Waals surface area (Å²) >= 11 is 7.47. The maximum Gasteiger partial charge on any atom is 0.127 e. The number of hydrogen-bond donors (Lipinski definition) is 0.